The molecule has 1 aliphatic heterocycles. The minimum atomic E-state index is -4.13. The summed E-state index contributed by atoms with van der Waals surface area (Å²) in [5.74, 6) is -1.45. The average molecular weight is 925 g/mol. The van der Waals surface area contributed by atoms with Gasteiger partial charge in [0.05, 0.1) is 12.5 Å². The maximum absolute atomic E-state index is 14.3. The number of hydrazone groups is 1. The molecule has 0 radical (unpaired) electrons. The third kappa shape index (κ3) is 13.9. The van der Waals surface area contributed by atoms with Crippen molar-refractivity contribution in [2.24, 2.45) is 10.2 Å². The number of halogens is 3. The zero-order valence-electron chi connectivity index (χ0n) is 36.0. The van der Waals surface area contributed by atoms with Gasteiger partial charge in [-0.2, -0.15) is 21.9 Å². The van der Waals surface area contributed by atoms with Gasteiger partial charge < -0.3 is 0 Å². The zero-order chi connectivity index (χ0) is 46.8. The molecule has 0 atom stereocenters. The van der Waals surface area contributed by atoms with Gasteiger partial charge in [-0.05, 0) is 132 Å². The quantitative estimate of drug-likeness (QED) is 0.0920. The molecule has 3 aromatic heterocycles. The van der Waals surface area contributed by atoms with Gasteiger partial charge in [0.25, 0.3) is 10.0 Å². The van der Waals surface area contributed by atoms with Gasteiger partial charge in [0, 0.05) is 54.6 Å². The van der Waals surface area contributed by atoms with E-state index in [9.17, 15) is 35.2 Å². The number of benzene rings is 2. The predicted molar refractivity (Wildman–Crippen MR) is 239 cm³/mol. The molecule has 334 valence electrons. The summed E-state index contributed by atoms with van der Waals surface area (Å²) in [6.45, 7) is 15.2. The standard InChI is InChI=1S/C22H25FN4O3S.C16H15ClFNO.C6H10N3O2S/c1-14(2)18-10-17(23)11-19(16-6-5-8-24-13-16)20(18)12-21(28)26-31(29,30)22-7-9-27(25-22)15(3)4;1-10(2)13-6-12(18)7-14(15(13)8-16(17)20)11-4-3-5-19-9-11;1-5(2)9-4-3-6(8-9)12(7,10)11/h5-11,13-15H,12H2,1-4H3,(H,26,28);3-7,9-10H,8H2,1-2H3;3,5H,1-2H3,(H2,7,10,11)/q;;+1. The van der Waals surface area contributed by atoms with Gasteiger partial charge in [-0.25, -0.2) is 18.6 Å². The number of hydrogen-bond acceptors (Lipinski definition) is 11. The molecule has 0 spiro atoms. The van der Waals surface area contributed by atoms with Gasteiger partial charge >= 0.3 is 15.1 Å². The van der Waals surface area contributed by atoms with Crippen LogP contribution in [0.3, 0.4) is 0 Å². The van der Waals surface area contributed by atoms with Crippen molar-refractivity contribution < 1.29 is 35.2 Å². The summed E-state index contributed by atoms with van der Waals surface area (Å²) in [4.78, 5) is 32.2. The molecule has 0 aliphatic carbocycles. The molecule has 2 aromatic carbocycles. The highest BCUT2D eigenvalue weighted by molar-refractivity contribution is 8.04. The smallest absolute Gasteiger partial charge is 0.281 e. The van der Waals surface area contributed by atoms with Crippen LogP contribution in [-0.4, -0.2) is 63.8 Å². The number of hydrogen-bond donors (Lipinski definition) is 2. The fraction of sp³-hybridized carbons (Fsp3) is 0.318. The van der Waals surface area contributed by atoms with Crippen LogP contribution in [0, 0.1) is 17.8 Å². The van der Waals surface area contributed by atoms with Gasteiger partial charge in [0.15, 0.2) is 5.03 Å². The summed E-state index contributed by atoms with van der Waals surface area (Å²) >= 11 is 5.54. The van der Waals surface area contributed by atoms with Crippen LogP contribution < -0.4 is 9.86 Å². The monoisotopic (exact) mass is 923 g/mol. The highest BCUT2D eigenvalue weighted by Gasteiger charge is 2.31. The van der Waals surface area contributed by atoms with Crippen LogP contribution >= 0.6 is 11.6 Å². The van der Waals surface area contributed by atoms with E-state index in [0.29, 0.717) is 27.8 Å². The van der Waals surface area contributed by atoms with E-state index in [1.807, 2.05) is 61.5 Å². The molecule has 19 heteroatoms. The van der Waals surface area contributed by atoms with Crippen molar-refractivity contribution in [2.75, 3.05) is 0 Å². The number of carbonyl (C=O) groups excluding carboxylic acids is 2. The Labute approximate surface area is 372 Å². The maximum Gasteiger partial charge on any atom is 0.339 e. The molecule has 0 unspecified atom stereocenters. The van der Waals surface area contributed by atoms with Crippen LogP contribution in [0.15, 0.2) is 102 Å². The molecule has 0 fully saturated rings. The van der Waals surface area contributed by atoms with E-state index >= 15 is 0 Å². The van der Waals surface area contributed by atoms with Crippen molar-refractivity contribution in [3.05, 3.63) is 132 Å². The Morgan fingerprint density at radius 3 is 1.65 bits per heavy atom. The number of nitrogens with one attached hydrogen (secondary N) is 1. The van der Waals surface area contributed by atoms with Gasteiger partial charge in [0.2, 0.25) is 23.4 Å². The number of sulfonamides is 2. The summed E-state index contributed by atoms with van der Waals surface area (Å²) in [5.41, 5.74) is 5.38. The van der Waals surface area contributed by atoms with Crippen molar-refractivity contribution in [3.63, 3.8) is 0 Å². The number of pyridine rings is 2. The molecule has 0 saturated heterocycles. The Hall–Kier alpha value is -5.78. The molecule has 0 saturated carbocycles. The molecule has 6 rings (SSSR count). The molecule has 1 aliphatic rings. The second kappa shape index (κ2) is 21.5. The number of carbonyl (C=O) groups is 2. The summed E-state index contributed by atoms with van der Waals surface area (Å²) < 4.78 is 78.5. The number of aromatic nitrogens is 4. The maximum atomic E-state index is 14.3. The Morgan fingerprint density at radius 2 is 1.29 bits per heavy atom. The first-order chi connectivity index (χ1) is 29.5. The molecule has 14 nitrogen and oxygen atoms in total. The van der Waals surface area contributed by atoms with Crippen LogP contribution in [0.5, 0.6) is 0 Å². The second-order valence-corrected chi connectivity index (χ2v) is 19.1. The number of rotatable bonds is 12. The summed E-state index contributed by atoms with van der Waals surface area (Å²) in [6, 6.07) is 14.1. The van der Waals surface area contributed by atoms with Crippen LogP contribution in [0.1, 0.15) is 95.5 Å². The number of nitrogens with zero attached hydrogens (tertiary/aromatic N) is 6. The van der Waals surface area contributed by atoms with Gasteiger partial charge in [0.1, 0.15) is 11.6 Å². The van der Waals surface area contributed by atoms with E-state index in [0.717, 1.165) is 16.7 Å². The highest BCUT2D eigenvalue weighted by Crippen LogP contribution is 2.33. The van der Waals surface area contributed by atoms with Crippen molar-refractivity contribution >= 4 is 47.8 Å². The lowest BCUT2D eigenvalue weighted by Gasteiger charge is -2.18. The Balaban J connectivity index is 0.000000232. The molecule has 1 amide bonds. The van der Waals surface area contributed by atoms with Gasteiger partial charge in [-0.15, -0.1) is 5.01 Å². The minimum Gasteiger partial charge on any atom is -0.281 e. The first kappa shape index (κ1) is 49.9. The van der Waals surface area contributed by atoms with Crippen LogP contribution in [0.25, 0.3) is 22.3 Å². The summed E-state index contributed by atoms with van der Waals surface area (Å²) in [6.07, 6.45) is 11.8. The van der Waals surface area contributed by atoms with Crippen molar-refractivity contribution in [1.29, 1.82) is 0 Å². The van der Waals surface area contributed by atoms with E-state index < -0.39 is 37.0 Å². The molecule has 0 bridgehead atoms. The minimum absolute atomic E-state index is 0.0190. The SMILES string of the molecule is CC(C)N1[C+]=CC(S(N)(=O)=O)=N1.CC(C)c1cc(F)cc(-c2cccnc2)c1CC(=O)Cl.CC(C)c1cc(F)cc(-c2cccnc2)c1CC(=O)NS(=O)(=O)c1ccn(C(C)C)n1. The lowest BCUT2D eigenvalue weighted by atomic mass is 9.88. The second-order valence-electron chi connectivity index (χ2n) is 15.5. The van der Waals surface area contributed by atoms with Crippen molar-refractivity contribution in [2.45, 2.75) is 97.2 Å². The molecule has 4 heterocycles. The highest BCUT2D eigenvalue weighted by atomic mass is 35.5. The molecular weight excluding hydrogens is 874 g/mol. The average Bonchev–Trinajstić information content (AvgIpc) is 3.93. The number of nitrogens with two attached hydrogens (primary N) is 1. The van der Waals surface area contributed by atoms with E-state index in [-0.39, 0.29) is 52.6 Å². The van der Waals surface area contributed by atoms with Crippen LogP contribution in [0.2, 0.25) is 0 Å². The Kier molecular flexibility index (Phi) is 17.0. The van der Waals surface area contributed by atoms with Gasteiger partial charge in [-0.3, -0.25) is 24.2 Å². The fourth-order valence-corrected chi connectivity index (χ4v) is 7.75. The van der Waals surface area contributed by atoms with Crippen LogP contribution in [-0.2, 0) is 42.5 Å². The Bertz CT molecular complexity index is 2690. The zero-order valence-corrected chi connectivity index (χ0v) is 38.4. The predicted octanol–water partition coefficient (Wildman–Crippen LogP) is 7.78. The fourth-order valence-electron chi connectivity index (χ4n) is 6.28. The van der Waals surface area contributed by atoms with E-state index in [1.165, 1.54) is 46.1 Å². The molecular formula is C44H50ClF2N8O6S2+. The first-order valence-electron chi connectivity index (χ1n) is 19.7. The molecule has 5 aromatic rings. The van der Waals surface area contributed by atoms with Gasteiger partial charge in [-0.1, -0.05) is 39.8 Å². The first-order valence-corrected chi connectivity index (χ1v) is 23.1. The lowest BCUT2D eigenvalue weighted by molar-refractivity contribution is -0.118. The number of amides is 1. The third-order valence-corrected chi connectivity index (χ3v) is 11.5. The van der Waals surface area contributed by atoms with Crippen molar-refractivity contribution in [1.82, 2.24) is 29.5 Å². The summed E-state index contributed by atoms with van der Waals surface area (Å²) in [5, 5.41) is 13.2. The van der Waals surface area contributed by atoms with Crippen LogP contribution in [0.4, 0.5) is 8.78 Å². The lowest BCUT2D eigenvalue weighted by Crippen LogP contribution is -2.32. The summed E-state index contributed by atoms with van der Waals surface area (Å²) in [7, 11) is -7.81. The largest absolute Gasteiger partial charge is 0.339 e. The van der Waals surface area contributed by atoms with E-state index in [4.69, 9.17) is 16.7 Å². The van der Waals surface area contributed by atoms with Crippen molar-refractivity contribution in [3.8, 4) is 22.3 Å². The van der Waals surface area contributed by atoms with E-state index in [2.05, 4.69) is 31.1 Å². The third-order valence-electron chi connectivity index (χ3n) is 9.28. The topological polar surface area (TPSA) is 200 Å². The molecule has 63 heavy (non-hydrogen) atoms. The van der Waals surface area contributed by atoms with E-state index in [1.54, 1.807) is 49.2 Å². The normalized spacial score (nSPS) is 12.4. The number of primary sulfonamides is 1. The Morgan fingerprint density at radius 1 is 0.778 bits per heavy atom. The molecule has 3 N–H and O–H groups in total.